The molecule has 0 aliphatic carbocycles. The monoisotopic (exact) mass is 531 g/mol. The van der Waals surface area contributed by atoms with Crippen LogP contribution in [0, 0.1) is 12.8 Å². The topological polar surface area (TPSA) is 70.9 Å². The van der Waals surface area contributed by atoms with E-state index in [1.54, 1.807) is 4.68 Å². The highest BCUT2D eigenvalue weighted by Crippen LogP contribution is 2.29. The lowest BCUT2D eigenvalue weighted by molar-refractivity contribution is -0.135. The van der Waals surface area contributed by atoms with Crippen LogP contribution in [0.4, 0.5) is 0 Å². The van der Waals surface area contributed by atoms with E-state index in [1.165, 1.54) is 0 Å². The molecule has 2 aliphatic heterocycles. The van der Waals surface area contributed by atoms with Gasteiger partial charge in [0.2, 0.25) is 5.91 Å². The number of piperidine rings is 1. The van der Waals surface area contributed by atoms with Gasteiger partial charge in [-0.3, -0.25) is 14.3 Å². The van der Waals surface area contributed by atoms with E-state index >= 15 is 0 Å². The summed E-state index contributed by atoms with van der Waals surface area (Å²) in [7, 11) is 2.08. The molecule has 8 nitrogen and oxygen atoms in total. The molecule has 0 radical (unpaired) electrons. The maximum atomic E-state index is 13.4. The lowest BCUT2D eigenvalue weighted by atomic mass is 9.90. The molecule has 1 aromatic carbocycles. The van der Waals surface area contributed by atoms with E-state index in [-0.39, 0.29) is 23.8 Å². The number of benzene rings is 1. The first-order valence-electron chi connectivity index (χ1n) is 12.1. The molecule has 1 aromatic heterocycles. The molecule has 2 saturated heterocycles. The van der Waals surface area contributed by atoms with Crippen LogP contribution in [-0.4, -0.2) is 88.7 Å². The molecule has 9 heteroatoms. The van der Waals surface area contributed by atoms with Crippen molar-refractivity contribution in [1.82, 2.24) is 24.5 Å². The number of likely N-dealkylation sites (tertiary alicyclic amines) is 1. The Morgan fingerprint density at radius 1 is 1.15 bits per heavy atom. The van der Waals surface area contributed by atoms with Crippen LogP contribution in [0.1, 0.15) is 35.8 Å². The molecule has 3 heterocycles. The fourth-order valence-electron chi connectivity index (χ4n) is 4.73. The van der Waals surface area contributed by atoms with Crippen LogP contribution in [0.2, 0.25) is 0 Å². The number of amides is 2. The molecule has 2 aromatic rings. The Morgan fingerprint density at radius 2 is 1.91 bits per heavy atom. The lowest BCUT2D eigenvalue weighted by Gasteiger charge is -2.40. The summed E-state index contributed by atoms with van der Waals surface area (Å²) in [4.78, 5) is 32.6. The third-order valence-electron chi connectivity index (χ3n) is 6.83. The highest BCUT2D eigenvalue weighted by molar-refractivity contribution is 9.10. The average Bonchev–Trinajstić information content (AvgIpc) is 3.21. The number of ether oxygens (including phenoxy) is 1. The van der Waals surface area contributed by atoms with E-state index < -0.39 is 0 Å². The number of aryl methyl sites for hydroxylation is 2. The summed E-state index contributed by atoms with van der Waals surface area (Å²) in [5.41, 5.74) is 1.38. The number of piperazine rings is 1. The Balaban J connectivity index is 1.50. The molecule has 2 amide bonds. The molecule has 0 unspecified atom stereocenters. The Bertz CT molecular complexity index is 1020. The van der Waals surface area contributed by atoms with Gasteiger partial charge in [0.25, 0.3) is 5.91 Å². The molecule has 0 saturated carbocycles. The summed E-state index contributed by atoms with van der Waals surface area (Å²) < 4.78 is 9.11. The molecule has 0 bridgehead atoms. The fraction of sp³-hybridized carbons (Fsp3) is 0.560. The molecule has 184 valence electrons. The van der Waals surface area contributed by atoms with Gasteiger partial charge < -0.3 is 19.4 Å². The molecular formula is C25H34BrN5O3. The highest BCUT2D eigenvalue weighted by atomic mass is 79.9. The number of nitrogens with zero attached hydrogens (tertiary/aromatic N) is 5. The lowest BCUT2D eigenvalue weighted by Crippen LogP contribution is -2.51. The van der Waals surface area contributed by atoms with Crippen molar-refractivity contribution in [3.8, 4) is 5.75 Å². The number of halogens is 1. The molecule has 0 spiro atoms. The zero-order chi connectivity index (χ0) is 24.2. The second-order valence-electron chi connectivity index (χ2n) is 9.29. The molecular weight excluding hydrogens is 498 g/mol. The van der Waals surface area contributed by atoms with Gasteiger partial charge in [-0.2, -0.15) is 5.10 Å². The van der Waals surface area contributed by atoms with Gasteiger partial charge in [-0.25, -0.2) is 0 Å². The number of likely N-dealkylation sites (N-methyl/N-ethyl adjacent to an activating group) is 1. The van der Waals surface area contributed by atoms with E-state index in [0.29, 0.717) is 31.5 Å². The molecule has 2 atom stereocenters. The summed E-state index contributed by atoms with van der Waals surface area (Å²) in [6, 6.07) is 7.78. The van der Waals surface area contributed by atoms with Gasteiger partial charge in [0, 0.05) is 75.2 Å². The van der Waals surface area contributed by atoms with Crippen molar-refractivity contribution >= 4 is 27.7 Å². The van der Waals surface area contributed by atoms with Crippen LogP contribution in [0.3, 0.4) is 0 Å². The van der Waals surface area contributed by atoms with E-state index in [9.17, 15) is 9.59 Å². The second-order valence-corrected chi connectivity index (χ2v) is 10.2. The third kappa shape index (κ3) is 5.81. The molecule has 4 rings (SSSR count). The van der Waals surface area contributed by atoms with Crippen molar-refractivity contribution < 1.29 is 14.3 Å². The number of rotatable bonds is 6. The largest absolute Gasteiger partial charge is 0.490 e. The minimum absolute atomic E-state index is 0.0184. The third-order valence-corrected chi connectivity index (χ3v) is 7.32. The van der Waals surface area contributed by atoms with Crippen LogP contribution in [0.5, 0.6) is 5.75 Å². The molecule has 2 fully saturated rings. The maximum Gasteiger partial charge on any atom is 0.257 e. The first kappa shape index (κ1) is 24.7. The van der Waals surface area contributed by atoms with E-state index in [1.807, 2.05) is 54.1 Å². The predicted octanol–water partition coefficient (Wildman–Crippen LogP) is 3.05. The zero-order valence-electron chi connectivity index (χ0n) is 20.2. The smallest absolute Gasteiger partial charge is 0.257 e. The highest BCUT2D eigenvalue weighted by Gasteiger charge is 2.36. The maximum absolute atomic E-state index is 13.4. The van der Waals surface area contributed by atoms with Crippen molar-refractivity contribution in [3.05, 3.63) is 46.2 Å². The predicted molar refractivity (Wildman–Crippen MR) is 134 cm³/mol. The second kappa shape index (κ2) is 10.9. The minimum Gasteiger partial charge on any atom is -0.490 e. The Hall–Kier alpha value is -2.39. The number of carbonyl (C=O) groups is 2. The molecule has 2 aliphatic rings. The number of carbonyl (C=O) groups excluding carboxylic acids is 2. The van der Waals surface area contributed by atoms with Crippen molar-refractivity contribution in [2.75, 3.05) is 46.3 Å². The molecule has 0 N–H and O–H groups in total. The standard InChI is InChI=1S/C25H34BrN5O3/c1-4-31-17-22(18(2)27-31)25(33)30-9-8-23(34-21-7-5-6-20(26)15-21)19(16-30)14-24(32)29-12-10-28(3)11-13-29/h5-7,15,17,19,23H,4,8-14,16H2,1-3H3/t19-,23-/m0/s1. The summed E-state index contributed by atoms with van der Waals surface area (Å²) in [6.45, 7) is 8.95. The minimum atomic E-state index is -0.130. The van der Waals surface area contributed by atoms with Gasteiger partial charge in [0.05, 0.1) is 11.3 Å². The quantitative estimate of drug-likeness (QED) is 0.572. The van der Waals surface area contributed by atoms with Gasteiger partial charge in [-0.15, -0.1) is 0 Å². The summed E-state index contributed by atoms with van der Waals surface area (Å²) in [6.07, 6.45) is 2.75. The normalized spacial score (nSPS) is 21.5. The van der Waals surface area contributed by atoms with Crippen LogP contribution in [0.15, 0.2) is 34.9 Å². The van der Waals surface area contributed by atoms with Gasteiger partial charge in [0.1, 0.15) is 11.9 Å². The Morgan fingerprint density at radius 3 is 2.59 bits per heavy atom. The van der Waals surface area contributed by atoms with E-state index in [4.69, 9.17) is 4.74 Å². The van der Waals surface area contributed by atoms with Gasteiger partial charge in [0.15, 0.2) is 0 Å². The average molecular weight is 532 g/mol. The van der Waals surface area contributed by atoms with Crippen molar-refractivity contribution in [2.45, 2.75) is 39.3 Å². The zero-order valence-corrected chi connectivity index (χ0v) is 21.8. The first-order chi connectivity index (χ1) is 16.3. The summed E-state index contributed by atoms with van der Waals surface area (Å²) >= 11 is 3.50. The van der Waals surface area contributed by atoms with Crippen molar-refractivity contribution in [2.24, 2.45) is 5.92 Å². The summed E-state index contributed by atoms with van der Waals surface area (Å²) in [5, 5.41) is 4.43. The first-order valence-corrected chi connectivity index (χ1v) is 12.8. The van der Waals surface area contributed by atoms with Gasteiger partial charge >= 0.3 is 0 Å². The van der Waals surface area contributed by atoms with E-state index in [2.05, 4.69) is 33.0 Å². The summed E-state index contributed by atoms with van der Waals surface area (Å²) in [5.74, 6) is 0.821. The van der Waals surface area contributed by atoms with Crippen LogP contribution >= 0.6 is 15.9 Å². The number of hydrogen-bond acceptors (Lipinski definition) is 5. The number of hydrogen-bond donors (Lipinski definition) is 0. The van der Waals surface area contributed by atoms with Gasteiger partial charge in [-0.05, 0) is 39.1 Å². The SMILES string of the molecule is CCn1cc(C(=O)N2CC[C@H](Oc3cccc(Br)c3)[C@@H](CC(=O)N3CCN(C)CC3)C2)c(C)n1. The fourth-order valence-corrected chi connectivity index (χ4v) is 5.11. The number of aromatic nitrogens is 2. The molecule has 34 heavy (non-hydrogen) atoms. The van der Waals surface area contributed by atoms with E-state index in [0.717, 1.165) is 48.6 Å². The van der Waals surface area contributed by atoms with Crippen molar-refractivity contribution in [1.29, 1.82) is 0 Å². The van der Waals surface area contributed by atoms with Crippen molar-refractivity contribution in [3.63, 3.8) is 0 Å². The van der Waals surface area contributed by atoms with Gasteiger partial charge in [-0.1, -0.05) is 22.0 Å². The van der Waals surface area contributed by atoms with Crippen LogP contribution in [-0.2, 0) is 11.3 Å². The Labute approximate surface area is 210 Å². The van der Waals surface area contributed by atoms with Crippen LogP contribution < -0.4 is 4.74 Å². The Kier molecular flexibility index (Phi) is 7.93. The van der Waals surface area contributed by atoms with Crippen LogP contribution in [0.25, 0.3) is 0 Å².